The number of hydrogen-bond acceptors (Lipinski definition) is 4. The molecule has 5 heteroatoms. The summed E-state index contributed by atoms with van der Waals surface area (Å²) in [6.07, 6.45) is 0. The van der Waals surface area contributed by atoms with Crippen molar-refractivity contribution >= 4 is 11.7 Å². The number of carbonyl (C=O) groups is 1. The Morgan fingerprint density at radius 1 is 1.53 bits per heavy atom. The van der Waals surface area contributed by atoms with Gasteiger partial charge in [0.25, 0.3) is 0 Å². The predicted octanol–water partition coefficient (Wildman–Crippen LogP) is 1.40. The fraction of sp³-hybridized carbons (Fsp3) is 0.300. The van der Waals surface area contributed by atoms with Gasteiger partial charge in [0.05, 0.1) is 7.11 Å². The fourth-order valence-electron chi connectivity index (χ4n) is 1.09. The Hall–Kier alpha value is -1.78. The van der Waals surface area contributed by atoms with E-state index in [2.05, 4.69) is 4.74 Å². The van der Waals surface area contributed by atoms with E-state index in [1.54, 1.807) is 6.07 Å². The van der Waals surface area contributed by atoms with E-state index in [4.69, 9.17) is 10.5 Å². The topological polar surface area (TPSA) is 61.5 Å². The van der Waals surface area contributed by atoms with Crippen molar-refractivity contribution in [1.29, 1.82) is 0 Å². The first-order valence-electron chi connectivity index (χ1n) is 4.35. The van der Waals surface area contributed by atoms with Crippen molar-refractivity contribution in [3.05, 3.63) is 23.8 Å². The maximum atomic E-state index is 11.8. The molecule has 0 amide bonds. The second kappa shape index (κ2) is 5.19. The van der Waals surface area contributed by atoms with E-state index in [-0.39, 0.29) is 12.2 Å². The first-order chi connectivity index (χ1) is 7.19. The molecule has 0 atom stereocenters. The maximum Gasteiger partial charge on any atom is 0.342 e. The molecule has 0 saturated heterocycles. The Kier molecular flexibility index (Phi) is 3.91. The summed E-state index contributed by atoms with van der Waals surface area (Å²) in [6, 6.07) is 4.54. The molecule has 82 valence electrons. The third kappa shape index (κ3) is 2.83. The first kappa shape index (κ1) is 11.3. The zero-order chi connectivity index (χ0) is 11.3. The van der Waals surface area contributed by atoms with Crippen LogP contribution in [0.3, 0.4) is 0 Å². The summed E-state index contributed by atoms with van der Waals surface area (Å²) in [5.41, 5.74) is 6.23. The van der Waals surface area contributed by atoms with Gasteiger partial charge in [0.2, 0.25) is 0 Å². The molecule has 0 spiro atoms. The van der Waals surface area contributed by atoms with Crippen LogP contribution in [0.4, 0.5) is 10.1 Å². The highest BCUT2D eigenvalue weighted by atomic mass is 19.1. The van der Waals surface area contributed by atoms with Gasteiger partial charge in [0.15, 0.2) is 0 Å². The van der Waals surface area contributed by atoms with Crippen LogP contribution in [0.25, 0.3) is 0 Å². The van der Waals surface area contributed by atoms with Crippen LogP contribution in [0.2, 0.25) is 0 Å². The molecule has 2 N–H and O–H groups in total. The van der Waals surface area contributed by atoms with Crippen LogP contribution >= 0.6 is 0 Å². The highest BCUT2D eigenvalue weighted by Gasteiger charge is 2.13. The number of rotatable bonds is 4. The van der Waals surface area contributed by atoms with Crippen LogP contribution in [0.1, 0.15) is 10.4 Å². The molecular weight excluding hydrogens is 201 g/mol. The minimum Gasteiger partial charge on any atom is -0.496 e. The van der Waals surface area contributed by atoms with Crippen LogP contribution in [-0.4, -0.2) is 26.4 Å². The number of anilines is 1. The quantitative estimate of drug-likeness (QED) is 0.606. The summed E-state index contributed by atoms with van der Waals surface area (Å²) in [4.78, 5) is 11.4. The molecule has 0 bridgehead atoms. The van der Waals surface area contributed by atoms with Crippen molar-refractivity contribution in [2.75, 3.05) is 26.1 Å². The first-order valence-corrected chi connectivity index (χ1v) is 4.35. The molecule has 0 aliphatic rings. The zero-order valence-electron chi connectivity index (χ0n) is 8.33. The van der Waals surface area contributed by atoms with E-state index >= 15 is 0 Å². The average Bonchev–Trinajstić information content (AvgIpc) is 2.25. The molecule has 4 nitrogen and oxygen atoms in total. The summed E-state index contributed by atoms with van der Waals surface area (Å²) in [5, 5.41) is 0. The third-order valence-electron chi connectivity index (χ3n) is 1.76. The summed E-state index contributed by atoms with van der Waals surface area (Å²) < 4.78 is 21.4. The number of carbonyl (C=O) groups excluding carboxylic acids is 1. The highest BCUT2D eigenvalue weighted by molar-refractivity contribution is 5.93. The van der Waals surface area contributed by atoms with Crippen LogP contribution in [0.5, 0.6) is 5.75 Å². The number of halogens is 1. The number of nitrogen functional groups attached to an aromatic ring is 1. The van der Waals surface area contributed by atoms with Gasteiger partial charge in [-0.2, -0.15) is 0 Å². The van der Waals surface area contributed by atoms with E-state index in [1.807, 2.05) is 0 Å². The normalized spacial score (nSPS) is 9.73. The Morgan fingerprint density at radius 3 is 2.87 bits per heavy atom. The average molecular weight is 213 g/mol. The monoisotopic (exact) mass is 213 g/mol. The van der Waals surface area contributed by atoms with Crippen LogP contribution in [0.15, 0.2) is 18.2 Å². The van der Waals surface area contributed by atoms with E-state index < -0.39 is 12.6 Å². The minimum atomic E-state index is -0.705. The van der Waals surface area contributed by atoms with Crippen LogP contribution in [0, 0.1) is 0 Å². The lowest BCUT2D eigenvalue weighted by Crippen LogP contribution is -2.09. The molecule has 0 saturated carbocycles. The van der Waals surface area contributed by atoms with E-state index in [9.17, 15) is 9.18 Å². The zero-order valence-corrected chi connectivity index (χ0v) is 8.33. The van der Waals surface area contributed by atoms with Gasteiger partial charge in [-0.25, -0.2) is 9.18 Å². The number of hydrogen-bond donors (Lipinski definition) is 1. The molecule has 15 heavy (non-hydrogen) atoms. The summed E-state index contributed by atoms with van der Waals surface area (Å²) in [5.74, 6) is -0.302. The standard InChI is InChI=1S/C10H12FNO3/c1-14-9-6-7(12)2-3-8(9)10(13)15-5-4-11/h2-3,6H,4-5,12H2,1H3. The lowest BCUT2D eigenvalue weighted by atomic mass is 10.2. The molecule has 0 unspecified atom stereocenters. The van der Waals surface area contributed by atoms with Gasteiger partial charge in [-0.3, -0.25) is 0 Å². The number of ether oxygens (including phenoxy) is 2. The van der Waals surface area contributed by atoms with E-state index in [1.165, 1.54) is 19.2 Å². The molecule has 0 aliphatic heterocycles. The molecule has 1 aromatic rings. The van der Waals surface area contributed by atoms with Crippen molar-refractivity contribution in [2.45, 2.75) is 0 Å². The maximum absolute atomic E-state index is 11.8. The van der Waals surface area contributed by atoms with Gasteiger partial charge >= 0.3 is 5.97 Å². The highest BCUT2D eigenvalue weighted by Crippen LogP contribution is 2.22. The summed E-state index contributed by atoms with van der Waals surface area (Å²) in [7, 11) is 1.42. The van der Waals surface area contributed by atoms with Crippen LogP contribution in [-0.2, 0) is 4.74 Å². The number of nitrogens with two attached hydrogens (primary N) is 1. The molecule has 0 heterocycles. The largest absolute Gasteiger partial charge is 0.496 e. The Bertz CT molecular complexity index is 355. The molecule has 0 radical (unpaired) electrons. The molecular formula is C10H12FNO3. The predicted molar refractivity (Wildman–Crippen MR) is 53.7 cm³/mol. The SMILES string of the molecule is COc1cc(N)ccc1C(=O)OCCF. The van der Waals surface area contributed by atoms with Crippen molar-refractivity contribution in [3.8, 4) is 5.75 Å². The molecule has 0 aliphatic carbocycles. The second-order valence-corrected chi connectivity index (χ2v) is 2.78. The number of benzene rings is 1. The van der Waals surface area contributed by atoms with Gasteiger partial charge in [0.1, 0.15) is 24.6 Å². The number of methoxy groups -OCH3 is 1. The minimum absolute atomic E-state index is 0.236. The van der Waals surface area contributed by atoms with Gasteiger partial charge < -0.3 is 15.2 Å². The summed E-state index contributed by atoms with van der Waals surface area (Å²) in [6.45, 7) is -0.963. The number of alkyl halides is 1. The fourth-order valence-corrected chi connectivity index (χ4v) is 1.09. The van der Waals surface area contributed by atoms with Gasteiger partial charge in [-0.1, -0.05) is 0 Å². The molecule has 1 rings (SSSR count). The van der Waals surface area contributed by atoms with E-state index in [0.717, 1.165) is 0 Å². The lowest BCUT2D eigenvalue weighted by Gasteiger charge is -2.08. The lowest BCUT2D eigenvalue weighted by molar-refractivity contribution is 0.0477. The van der Waals surface area contributed by atoms with Crippen molar-refractivity contribution in [2.24, 2.45) is 0 Å². The van der Waals surface area contributed by atoms with Gasteiger partial charge in [0, 0.05) is 11.8 Å². The Balaban J connectivity index is 2.87. The Labute approximate surface area is 86.8 Å². The van der Waals surface area contributed by atoms with Crippen molar-refractivity contribution in [3.63, 3.8) is 0 Å². The van der Waals surface area contributed by atoms with Gasteiger partial charge in [-0.05, 0) is 12.1 Å². The second-order valence-electron chi connectivity index (χ2n) is 2.78. The molecule has 0 aromatic heterocycles. The van der Waals surface area contributed by atoms with Crippen LogP contribution < -0.4 is 10.5 Å². The number of esters is 1. The van der Waals surface area contributed by atoms with Gasteiger partial charge in [-0.15, -0.1) is 0 Å². The van der Waals surface area contributed by atoms with Crippen molar-refractivity contribution in [1.82, 2.24) is 0 Å². The smallest absolute Gasteiger partial charge is 0.342 e. The third-order valence-corrected chi connectivity index (χ3v) is 1.76. The van der Waals surface area contributed by atoms with E-state index in [0.29, 0.717) is 11.4 Å². The van der Waals surface area contributed by atoms with Crippen molar-refractivity contribution < 1.29 is 18.7 Å². The Morgan fingerprint density at radius 2 is 2.27 bits per heavy atom. The summed E-state index contributed by atoms with van der Waals surface area (Å²) >= 11 is 0. The molecule has 1 aromatic carbocycles. The molecule has 0 fully saturated rings.